The summed E-state index contributed by atoms with van der Waals surface area (Å²) in [7, 11) is 0. The van der Waals surface area contributed by atoms with Gasteiger partial charge in [0, 0.05) is 56.5 Å². The predicted octanol–water partition coefficient (Wildman–Crippen LogP) is 6.37. The van der Waals surface area contributed by atoms with Crippen LogP contribution in [-0.2, 0) is 14.4 Å². The van der Waals surface area contributed by atoms with Crippen LogP contribution in [0.4, 0.5) is 14.5 Å². The SMILES string of the molecule is CC(=O)N[C@@H](C(=O)N1CCC[C@H]1c1ncc(-c2cc(F)c(N3CCC(c4cnc([C@@H]5CCCN5C(=O)[C@H](N)c5ccccc5)[nH]4)CC3)c(F)c2)[nH]1)c1ccccc1. The summed E-state index contributed by atoms with van der Waals surface area (Å²) in [5.74, 6) is -0.636. The molecule has 0 bridgehead atoms. The number of amides is 3. The molecule has 3 fully saturated rings. The van der Waals surface area contributed by atoms with E-state index in [2.05, 4.69) is 25.3 Å². The molecule has 0 saturated carbocycles. The highest BCUT2D eigenvalue weighted by Crippen LogP contribution is 2.38. The summed E-state index contributed by atoms with van der Waals surface area (Å²) in [6, 6.07) is 19.0. The number of aromatic nitrogens is 4. The molecule has 3 amide bonds. The van der Waals surface area contributed by atoms with Crippen molar-refractivity contribution in [1.29, 1.82) is 0 Å². The molecule has 3 aliphatic heterocycles. The number of carbonyl (C=O) groups excluding carboxylic acids is 3. The van der Waals surface area contributed by atoms with Gasteiger partial charge in [-0.25, -0.2) is 18.7 Å². The lowest BCUT2D eigenvalue weighted by atomic mass is 9.93. The molecule has 0 spiro atoms. The number of imidazole rings is 2. The van der Waals surface area contributed by atoms with Gasteiger partial charge in [-0.1, -0.05) is 60.7 Å². The van der Waals surface area contributed by atoms with Crippen LogP contribution >= 0.6 is 0 Å². The van der Waals surface area contributed by atoms with Crippen LogP contribution in [0.2, 0.25) is 0 Å². The van der Waals surface area contributed by atoms with Gasteiger partial charge < -0.3 is 35.7 Å². The van der Waals surface area contributed by atoms with Gasteiger partial charge in [0.1, 0.15) is 41.1 Å². The lowest BCUT2D eigenvalue weighted by Gasteiger charge is -2.33. The Morgan fingerprint density at radius 2 is 1.32 bits per heavy atom. The molecular weight excluding hydrogens is 729 g/mol. The molecule has 2 aromatic heterocycles. The maximum Gasteiger partial charge on any atom is 0.250 e. The number of nitrogens with zero attached hydrogens (tertiary/aromatic N) is 5. The molecule has 3 saturated heterocycles. The number of hydrogen-bond donors (Lipinski definition) is 4. The number of halogens is 2. The van der Waals surface area contributed by atoms with Crippen LogP contribution in [0.1, 0.15) is 104 Å². The van der Waals surface area contributed by atoms with Gasteiger partial charge in [-0.2, -0.15) is 0 Å². The minimum atomic E-state index is -0.846. The van der Waals surface area contributed by atoms with Crippen molar-refractivity contribution in [2.75, 3.05) is 31.1 Å². The lowest BCUT2D eigenvalue weighted by molar-refractivity contribution is -0.137. The zero-order valence-electron chi connectivity index (χ0n) is 31.8. The number of piperidine rings is 1. The van der Waals surface area contributed by atoms with E-state index in [1.165, 1.54) is 25.3 Å². The minimum absolute atomic E-state index is 0.0606. The van der Waals surface area contributed by atoms with E-state index in [0.717, 1.165) is 36.3 Å². The Morgan fingerprint density at radius 1 is 0.754 bits per heavy atom. The zero-order chi connectivity index (χ0) is 39.6. The molecule has 0 unspecified atom stereocenters. The predicted molar refractivity (Wildman–Crippen MR) is 210 cm³/mol. The van der Waals surface area contributed by atoms with Crippen molar-refractivity contribution < 1.29 is 23.2 Å². The molecule has 3 aromatic carbocycles. The Morgan fingerprint density at radius 3 is 1.93 bits per heavy atom. The van der Waals surface area contributed by atoms with Crippen LogP contribution in [0.15, 0.2) is 85.2 Å². The molecule has 5 aromatic rings. The van der Waals surface area contributed by atoms with E-state index in [4.69, 9.17) is 5.73 Å². The van der Waals surface area contributed by atoms with Crippen LogP contribution < -0.4 is 16.0 Å². The van der Waals surface area contributed by atoms with E-state index < -0.39 is 23.7 Å². The van der Waals surface area contributed by atoms with Crippen LogP contribution in [0, 0.1) is 11.6 Å². The third-order valence-corrected chi connectivity index (χ3v) is 11.6. The van der Waals surface area contributed by atoms with Gasteiger partial charge in [0.2, 0.25) is 17.7 Å². The first-order valence-electron chi connectivity index (χ1n) is 19.7. The number of H-pyrrole nitrogens is 2. The average molecular weight is 776 g/mol. The monoisotopic (exact) mass is 775 g/mol. The summed E-state index contributed by atoms with van der Waals surface area (Å²) in [4.78, 5) is 60.5. The van der Waals surface area contributed by atoms with Gasteiger partial charge in [0.15, 0.2) is 0 Å². The van der Waals surface area contributed by atoms with Crippen molar-refractivity contribution in [2.24, 2.45) is 5.73 Å². The Kier molecular flexibility index (Phi) is 10.9. The van der Waals surface area contributed by atoms with E-state index in [9.17, 15) is 14.4 Å². The van der Waals surface area contributed by atoms with Crippen LogP contribution in [0.5, 0.6) is 0 Å². The number of nitrogens with two attached hydrogens (primary N) is 1. The topological polar surface area (TPSA) is 156 Å². The maximum atomic E-state index is 15.8. The smallest absolute Gasteiger partial charge is 0.250 e. The van der Waals surface area contributed by atoms with Crippen molar-refractivity contribution in [3.63, 3.8) is 0 Å². The number of benzene rings is 3. The van der Waals surface area contributed by atoms with Gasteiger partial charge in [-0.15, -0.1) is 0 Å². The Labute approximate surface area is 329 Å². The second-order valence-electron chi connectivity index (χ2n) is 15.3. The highest BCUT2D eigenvalue weighted by atomic mass is 19.1. The van der Waals surface area contributed by atoms with Crippen molar-refractivity contribution in [3.8, 4) is 11.3 Å². The molecule has 5 heterocycles. The number of carbonyl (C=O) groups is 3. The number of aromatic amines is 2. The first-order valence-corrected chi connectivity index (χ1v) is 19.7. The largest absolute Gasteiger partial charge is 0.367 e. The van der Waals surface area contributed by atoms with Gasteiger partial charge in [0.05, 0.1) is 24.0 Å². The minimum Gasteiger partial charge on any atom is -0.367 e. The molecule has 5 N–H and O–H groups in total. The third-order valence-electron chi connectivity index (χ3n) is 11.6. The molecule has 0 aliphatic carbocycles. The van der Waals surface area contributed by atoms with Gasteiger partial charge in [-0.05, 0) is 61.8 Å². The van der Waals surface area contributed by atoms with E-state index >= 15 is 8.78 Å². The Bertz CT molecular complexity index is 2200. The highest BCUT2D eigenvalue weighted by Gasteiger charge is 2.38. The normalized spacial score (nSPS) is 19.8. The summed E-state index contributed by atoms with van der Waals surface area (Å²) in [5.41, 5.74) is 9.47. The fourth-order valence-corrected chi connectivity index (χ4v) is 8.73. The Balaban J connectivity index is 0.911. The lowest BCUT2D eigenvalue weighted by Crippen LogP contribution is -2.42. The van der Waals surface area contributed by atoms with Gasteiger partial charge >= 0.3 is 0 Å². The average Bonchev–Trinajstić information content (AvgIpc) is 4.07. The first-order chi connectivity index (χ1) is 27.7. The molecule has 3 aliphatic rings. The Hall–Kier alpha value is -5.89. The van der Waals surface area contributed by atoms with Gasteiger partial charge in [0.25, 0.3) is 0 Å². The fourth-order valence-electron chi connectivity index (χ4n) is 8.73. The third kappa shape index (κ3) is 7.78. The first kappa shape index (κ1) is 38.0. The molecule has 0 radical (unpaired) electrons. The summed E-state index contributed by atoms with van der Waals surface area (Å²) in [6.45, 7) is 3.39. The van der Waals surface area contributed by atoms with E-state index in [1.807, 2.05) is 59.6 Å². The van der Waals surface area contributed by atoms with Gasteiger partial charge in [-0.3, -0.25) is 14.4 Å². The number of likely N-dealkylation sites (tertiary alicyclic amines) is 2. The van der Waals surface area contributed by atoms with Crippen molar-refractivity contribution in [2.45, 2.75) is 75.5 Å². The summed E-state index contributed by atoms with van der Waals surface area (Å²) in [6.07, 6.45) is 7.75. The van der Waals surface area contributed by atoms with E-state index in [-0.39, 0.29) is 41.4 Å². The van der Waals surface area contributed by atoms with Crippen molar-refractivity contribution in [1.82, 2.24) is 35.1 Å². The maximum absolute atomic E-state index is 15.8. The summed E-state index contributed by atoms with van der Waals surface area (Å²) >= 11 is 0. The van der Waals surface area contributed by atoms with Crippen LogP contribution in [0.3, 0.4) is 0 Å². The van der Waals surface area contributed by atoms with E-state index in [0.29, 0.717) is 68.1 Å². The highest BCUT2D eigenvalue weighted by molar-refractivity contribution is 5.88. The summed E-state index contributed by atoms with van der Waals surface area (Å²) in [5, 5.41) is 2.79. The number of nitrogens with one attached hydrogen (secondary N) is 3. The van der Waals surface area contributed by atoms with Crippen LogP contribution in [0.25, 0.3) is 11.3 Å². The number of rotatable bonds is 10. The van der Waals surface area contributed by atoms with Crippen molar-refractivity contribution >= 4 is 23.4 Å². The molecule has 14 heteroatoms. The summed E-state index contributed by atoms with van der Waals surface area (Å²) < 4.78 is 31.6. The molecule has 296 valence electrons. The second kappa shape index (κ2) is 16.3. The molecule has 4 atom stereocenters. The standard InChI is InChI=1S/C43H47F2N9O3/c1-26(55)49-38(29-12-6-3-7-13-29)43(57)54-19-9-15-36(54)41-48-25-34(51-41)30-22-31(44)39(32(45)23-30)52-20-16-27(17-21-52)33-24-47-40(50-33)35-14-8-18-53(35)42(56)37(46)28-10-4-2-5-11-28/h2-7,10-13,22-25,27,35-38H,8-9,14-21,46H2,1H3,(H,47,50)(H,48,51)(H,49,55)/t35-,36-,37+,38+/m0/s1. The zero-order valence-corrected chi connectivity index (χ0v) is 31.8. The fraction of sp³-hybridized carbons (Fsp3) is 0.372. The quantitative estimate of drug-likeness (QED) is 0.129. The second-order valence-corrected chi connectivity index (χ2v) is 15.3. The van der Waals surface area contributed by atoms with Crippen molar-refractivity contribution in [3.05, 3.63) is 125 Å². The van der Waals surface area contributed by atoms with E-state index in [1.54, 1.807) is 21.9 Å². The molecule has 8 rings (SSSR count). The van der Waals surface area contributed by atoms with Crippen LogP contribution in [-0.4, -0.2) is 73.6 Å². The molecule has 12 nitrogen and oxygen atoms in total. The molecular formula is C43H47F2N9O3. The number of hydrogen-bond acceptors (Lipinski definition) is 7. The number of anilines is 1. The molecule has 57 heavy (non-hydrogen) atoms.